The number of halogens is 1. The van der Waals surface area contributed by atoms with Crippen LogP contribution >= 0.6 is 0 Å². The first-order chi connectivity index (χ1) is 23.5. The van der Waals surface area contributed by atoms with Crippen molar-refractivity contribution < 1.29 is 23.5 Å². The van der Waals surface area contributed by atoms with Crippen molar-refractivity contribution in [2.24, 2.45) is 5.92 Å². The lowest BCUT2D eigenvalue weighted by Gasteiger charge is -2.31. The Morgan fingerprint density at radius 1 is 1.08 bits per heavy atom. The van der Waals surface area contributed by atoms with Crippen molar-refractivity contribution in [3.63, 3.8) is 0 Å². The molecule has 0 unspecified atom stereocenters. The fraction of sp³-hybridized carbons (Fsp3) is 0.361. The maximum absolute atomic E-state index is 16.3. The third kappa shape index (κ3) is 5.65. The predicted molar refractivity (Wildman–Crippen MR) is 185 cm³/mol. The van der Waals surface area contributed by atoms with E-state index in [1.165, 1.54) is 4.68 Å². The number of nitrogens with zero attached hydrogens (tertiary/aromatic N) is 6. The van der Waals surface area contributed by atoms with Gasteiger partial charge >= 0.3 is 0 Å². The number of ether oxygens (including phenoxy) is 2. The van der Waals surface area contributed by atoms with Crippen molar-refractivity contribution in [1.82, 2.24) is 24.8 Å². The molecule has 0 radical (unpaired) electrons. The molecule has 13 heteroatoms. The van der Waals surface area contributed by atoms with Gasteiger partial charge in [0.05, 0.1) is 48.4 Å². The Kier molecular flexibility index (Phi) is 8.45. The van der Waals surface area contributed by atoms with Crippen LogP contribution in [0.4, 0.5) is 9.80 Å². The second kappa shape index (κ2) is 12.6. The summed E-state index contributed by atoms with van der Waals surface area (Å²) < 4.78 is 31.8. The highest BCUT2D eigenvalue weighted by molar-refractivity contribution is 6.72. The summed E-state index contributed by atoms with van der Waals surface area (Å²) in [5.41, 5.74) is 1.23. The van der Waals surface area contributed by atoms with Gasteiger partial charge in [-0.15, -0.1) is 5.10 Å². The lowest BCUT2D eigenvalue weighted by molar-refractivity contribution is -0.146. The van der Waals surface area contributed by atoms with E-state index in [0.29, 0.717) is 53.2 Å². The van der Waals surface area contributed by atoms with Gasteiger partial charge < -0.3 is 23.6 Å². The summed E-state index contributed by atoms with van der Waals surface area (Å²) in [6.07, 6.45) is 3.72. The zero-order chi connectivity index (χ0) is 34.5. The fourth-order valence-corrected chi connectivity index (χ4v) is 10.3. The number of aliphatic hydroxyl groups is 1. The number of methoxy groups -OCH3 is 1. The van der Waals surface area contributed by atoms with Crippen LogP contribution in [-0.2, 0) is 34.6 Å². The van der Waals surface area contributed by atoms with Crippen LogP contribution in [0.2, 0.25) is 18.6 Å². The van der Waals surface area contributed by atoms with E-state index >= 15 is 4.11 Å². The molecule has 0 aliphatic carbocycles. The lowest BCUT2D eigenvalue weighted by Crippen LogP contribution is -2.45. The number of aliphatic hydroxyl groups excluding tert-OH is 1. The lowest BCUT2D eigenvalue weighted by atomic mass is 9.82. The van der Waals surface area contributed by atoms with Crippen molar-refractivity contribution >= 4 is 30.8 Å². The highest BCUT2D eigenvalue weighted by Crippen LogP contribution is 2.60. The average Bonchev–Trinajstić information content (AvgIpc) is 3.74. The minimum absolute atomic E-state index is 0.0290. The first kappa shape index (κ1) is 32.8. The number of carbonyl (C=O) groups is 1. The summed E-state index contributed by atoms with van der Waals surface area (Å²) in [5.74, 6) is -0.158. The zero-order valence-electron chi connectivity index (χ0n) is 27.9. The first-order valence-electron chi connectivity index (χ1n) is 16.5. The van der Waals surface area contributed by atoms with E-state index < -0.39 is 31.6 Å². The van der Waals surface area contributed by atoms with E-state index in [1.54, 1.807) is 48.2 Å². The van der Waals surface area contributed by atoms with Gasteiger partial charge in [-0.3, -0.25) is 14.3 Å². The van der Waals surface area contributed by atoms with Gasteiger partial charge in [0.1, 0.15) is 5.75 Å². The topological polar surface area (TPSA) is 125 Å². The van der Waals surface area contributed by atoms with Gasteiger partial charge in [-0.05, 0) is 61.5 Å². The molecular weight excluding hydrogens is 644 g/mol. The minimum Gasteiger partial charge on any atom is -0.497 e. The van der Waals surface area contributed by atoms with Crippen molar-refractivity contribution in [3.8, 4) is 11.4 Å². The van der Waals surface area contributed by atoms with Crippen LogP contribution in [0.5, 0.6) is 5.75 Å². The van der Waals surface area contributed by atoms with Gasteiger partial charge in [0.2, 0.25) is 8.41 Å². The fourth-order valence-electron chi connectivity index (χ4n) is 7.76. The maximum atomic E-state index is 16.3. The molecule has 4 atom stereocenters. The summed E-state index contributed by atoms with van der Waals surface area (Å²) in [5, 5.41) is 23.3. The Balaban J connectivity index is 1.24. The molecule has 2 aliphatic rings. The van der Waals surface area contributed by atoms with Crippen LogP contribution in [0.1, 0.15) is 30.2 Å². The van der Waals surface area contributed by atoms with Gasteiger partial charge in [-0.25, -0.2) is 0 Å². The van der Waals surface area contributed by atoms with Gasteiger partial charge in [0.25, 0.3) is 11.5 Å². The van der Waals surface area contributed by atoms with E-state index in [1.807, 2.05) is 67.6 Å². The number of amides is 1. The smallest absolute Gasteiger partial charge is 0.279 e. The molecule has 1 N–H and O–H groups in total. The number of aryl methyl sites for hydroxylation is 1. The summed E-state index contributed by atoms with van der Waals surface area (Å²) in [4.78, 5) is 29.9. The molecule has 2 aromatic heterocycles. The monoisotopic (exact) mass is 682 g/mol. The van der Waals surface area contributed by atoms with Crippen molar-refractivity contribution in [2.45, 2.75) is 63.2 Å². The molecule has 2 aliphatic heterocycles. The molecule has 1 fully saturated rings. The molecule has 0 saturated carbocycles. The van der Waals surface area contributed by atoms with Crippen LogP contribution < -0.4 is 15.2 Å². The standard InChI is InChI=1S/C36H39FN6O5Si/c1-23-33(49(3,4)37)32(14-16-41-22-26(15-17-44)39-40-41)48-36(23)30-19-28(47-2)12-13-31(30)42(35(36)46)21-24-8-7-10-27(18-24)43-34(45)29-11-6-5-9-25(29)20-38-43/h5-13,18-20,22-23,32-33,44H,14-17,21H2,1-4H3/t23-,32+,33-,36+/m1/s1. The highest BCUT2D eigenvalue weighted by Gasteiger charge is 2.66. The maximum Gasteiger partial charge on any atom is 0.279 e. The number of fused-ring (bicyclic) bond motifs is 3. The SMILES string of the molecule is COc1ccc2c(c1)[C@]1(O[C@@H](CCn3cc(CCO)nn3)[C@H]([Si](C)(C)F)[C@H]1C)C(=O)N2Cc1cccc(-n2ncc3ccccc3c2=O)c1. The third-order valence-corrected chi connectivity index (χ3v) is 12.4. The summed E-state index contributed by atoms with van der Waals surface area (Å²) >= 11 is 0. The second-order valence-corrected chi connectivity index (χ2v) is 17.2. The van der Waals surface area contributed by atoms with Crippen molar-refractivity contribution in [3.05, 3.63) is 106 Å². The van der Waals surface area contributed by atoms with E-state index in [4.69, 9.17) is 9.47 Å². The first-order valence-corrected chi connectivity index (χ1v) is 19.4. The number of carbonyl (C=O) groups excluding carboxylic acids is 1. The average molecular weight is 683 g/mol. The highest BCUT2D eigenvalue weighted by atomic mass is 28.4. The molecule has 1 spiro atoms. The zero-order valence-corrected chi connectivity index (χ0v) is 28.9. The molecule has 1 saturated heterocycles. The Labute approximate surface area is 284 Å². The number of aromatic nitrogens is 5. The van der Waals surface area contributed by atoms with Crippen LogP contribution in [0, 0.1) is 5.92 Å². The summed E-state index contributed by atoms with van der Waals surface area (Å²) in [6, 6.07) is 20.2. The Bertz CT molecular complexity index is 2100. The number of hydrogen-bond donors (Lipinski definition) is 1. The van der Waals surface area contributed by atoms with Gasteiger partial charge in [-0.1, -0.05) is 42.5 Å². The third-order valence-electron chi connectivity index (χ3n) is 9.96. The molecule has 4 heterocycles. The molecule has 5 aromatic rings. The number of rotatable bonds is 10. The molecular formula is C36H39FN6O5Si. The van der Waals surface area contributed by atoms with Crippen LogP contribution in [0.3, 0.4) is 0 Å². The molecule has 254 valence electrons. The van der Waals surface area contributed by atoms with E-state index in [-0.39, 0.29) is 24.6 Å². The quantitative estimate of drug-likeness (QED) is 0.163. The number of benzene rings is 3. The largest absolute Gasteiger partial charge is 0.497 e. The van der Waals surface area contributed by atoms with Crippen molar-refractivity contribution in [1.29, 1.82) is 0 Å². The van der Waals surface area contributed by atoms with Gasteiger partial charge in [-0.2, -0.15) is 9.78 Å². The van der Waals surface area contributed by atoms with Crippen LogP contribution in [0.25, 0.3) is 16.5 Å². The van der Waals surface area contributed by atoms with Crippen LogP contribution in [0.15, 0.2) is 83.9 Å². The Morgan fingerprint density at radius 3 is 2.67 bits per heavy atom. The van der Waals surface area contributed by atoms with E-state index in [2.05, 4.69) is 15.4 Å². The minimum atomic E-state index is -3.37. The van der Waals surface area contributed by atoms with E-state index in [0.717, 1.165) is 10.9 Å². The van der Waals surface area contributed by atoms with Gasteiger partial charge in [0.15, 0.2) is 5.60 Å². The molecule has 49 heavy (non-hydrogen) atoms. The molecule has 3 aromatic carbocycles. The normalized spacial score (nSPS) is 22.0. The van der Waals surface area contributed by atoms with E-state index in [9.17, 15) is 14.7 Å². The molecule has 0 bridgehead atoms. The summed E-state index contributed by atoms with van der Waals surface area (Å²) in [6.45, 7) is 5.87. The Morgan fingerprint density at radius 2 is 1.90 bits per heavy atom. The second-order valence-electron chi connectivity index (χ2n) is 13.4. The van der Waals surface area contributed by atoms with Gasteiger partial charge in [0, 0.05) is 48.2 Å². The molecule has 11 nitrogen and oxygen atoms in total. The Hall–Kier alpha value is -4.72. The molecule has 1 amide bonds. The van der Waals surface area contributed by atoms with Crippen molar-refractivity contribution in [2.75, 3.05) is 18.6 Å². The summed E-state index contributed by atoms with van der Waals surface area (Å²) in [7, 11) is -1.80. The number of hydrogen-bond acceptors (Lipinski definition) is 8. The predicted octanol–water partition coefficient (Wildman–Crippen LogP) is 4.93. The number of anilines is 1. The van der Waals surface area contributed by atoms with Crippen LogP contribution in [-0.4, -0.2) is 64.0 Å². The molecule has 7 rings (SSSR count).